The molecule has 0 heterocycles. The van der Waals surface area contributed by atoms with Gasteiger partial charge in [-0.2, -0.15) is 0 Å². The second-order valence-electron chi connectivity index (χ2n) is 6.47. The Morgan fingerprint density at radius 3 is 2.83 bits per heavy atom. The molecule has 1 aromatic carbocycles. The minimum Gasteiger partial charge on any atom is -0.370 e. The van der Waals surface area contributed by atoms with Gasteiger partial charge >= 0.3 is 0 Å². The van der Waals surface area contributed by atoms with E-state index in [0.29, 0.717) is 18.9 Å². The zero-order valence-corrected chi connectivity index (χ0v) is 15.5. The summed E-state index contributed by atoms with van der Waals surface area (Å²) in [6.07, 6.45) is 5.04. The number of halogens is 3. The number of aryl methyl sites for hydroxylation is 1. The third kappa shape index (κ3) is 4.78. The molecule has 0 aromatic heterocycles. The monoisotopic (exact) mass is 435 g/mol. The highest BCUT2D eigenvalue weighted by molar-refractivity contribution is 14.0. The van der Waals surface area contributed by atoms with Crippen molar-refractivity contribution >= 4 is 35.6 Å². The molecule has 3 N–H and O–H groups in total. The SMILES string of the molecule is I.NC(=NCC1CCC(F)(F)C1)Nc1cccc2c1CCCC2. The number of benzene rings is 1. The van der Waals surface area contributed by atoms with Crippen molar-refractivity contribution in [1.82, 2.24) is 0 Å². The van der Waals surface area contributed by atoms with Crippen LogP contribution in [0.25, 0.3) is 0 Å². The van der Waals surface area contributed by atoms with Gasteiger partial charge in [0.15, 0.2) is 5.96 Å². The number of nitrogens with zero attached hydrogens (tertiary/aromatic N) is 1. The van der Waals surface area contributed by atoms with Gasteiger partial charge in [0.1, 0.15) is 0 Å². The molecule has 1 aromatic rings. The highest BCUT2D eigenvalue weighted by Crippen LogP contribution is 2.38. The third-order valence-corrected chi connectivity index (χ3v) is 4.68. The molecule has 1 unspecified atom stereocenters. The number of rotatable bonds is 3. The second-order valence-corrected chi connectivity index (χ2v) is 6.47. The first-order valence-electron chi connectivity index (χ1n) is 8.09. The number of guanidine groups is 1. The molecule has 0 saturated heterocycles. The molecule has 0 bridgehead atoms. The lowest BCUT2D eigenvalue weighted by molar-refractivity contribution is 0.00542. The number of anilines is 1. The molecule has 1 saturated carbocycles. The molecular formula is C17H24F2IN3. The van der Waals surface area contributed by atoms with Crippen LogP contribution in [0.2, 0.25) is 0 Å². The van der Waals surface area contributed by atoms with Crippen LogP contribution < -0.4 is 11.1 Å². The number of nitrogens with one attached hydrogen (secondary N) is 1. The number of aliphatic imine (C=N–C) groups is 1. The second kappa shape index (κ2) is 7.77. The average Bonchev–Trinajstić information content (AvgIpc) is 2.85. The minimum atomic E-state index is -2.51. The van der Waals surface area contributed by atoms with Crippen molar-refractivity contribution in [2.45, 2.75) is 50.9 Å². The molecule has 3 rings (SSSR count). The van der Waals surface area contributed by atoms with Gasteiger partial charge in [-0.05, 0) is 55.2 Å². The van der Waals surface area contributed by atoms with Gasteiger partial charge < -0.3 is 11.1 Å². The summed E-state index contributed by atoms with van der Waals surface area (Å²) in [5.41, 5.74) is 9.64. The highest BCUT2D eigenvalue weighted by Gasteiger charge is 2.39. The van der Waals surface area contributed by atoms with E-state index in [4.69, 9.17) is 5.73 Å². The number of fused-ring (bicyclic) bond motifs is 1. The van der Waals surface area contributed by atoms with Crippen molar-refractivity contribution < 1.29 is 8.78 Å². The van der Waals surface area contributed by atoms with Gasteiger partial charge in [0.2, 0.25) is 5.92 Å². The Bertz CT molecular complexity index is 575. The summed E-state index contributed by atoms with van der Waals surface area (Å²) in [6, 6.07) is 6.20. The van der Waals surface area contributed by atoms with E-state index in [9.17, 15) is 8.78 Å². The van der Waals surface area contributed by atoms with E-state index in [1.165, 1.54) is 24.0 Å². The molecule has 0 spiro atoms. The molecule has 1 atom stereocenters. The Labute approximate surface area is 153 Å². The van der Waals surface area contributed by atoms with Crippen LogP contribution in [0.3, 0.4) is 0 Å². The fourth-order valence-corrected chi connectivity index (χ4v) is 3.50. The van der Waals surface area contributed by atoms with Gasteiger partial charge in [0, 0.05) is 25.1 Å². The van der Waals surface area contributed by atoms with E-state index < -0.39 is 5.92 Å². The lowest BCUT2D eigenvalue weighted by Gasteiger charge is -2.20. The molecule has 3 nitrogen and oxygen atoms in total. The molecule has 23 heavy (non-hydrogen) atoms. The average molecular weight is 435 g/mol. The van der Waals surface area contributed by atoms with Gasteiger partial charge in [-0.15, -0.1) is 24.0 Å². The van der Waals surface area contributed by atoms with E-state index in [0.717, 1.165) is 18.5 Å². The van der Waals surface area contributed by atoms with Gasteiger partial charge in [-0.1, -0.05) is 12.1 Å². The predicted octanol–water partition coefficient (Wildman–Crippen LogP) is 4.35. The Morgan fingerprint density at radius 2 is 2.09 bits per heavy atom. The van der Waals surface area contributed by atoms with Crippen LogP contribution in [0, 0.1) is 5.92 Å². The van der Waals surface area contributed by atoms with Crippen LogP contribution in [0.1, 0.15) is 43.2 Å². The van der Waals surface area contributed by atoms with Crippen molar-refractivity contribution in [3.8, 4) is 0 Å². The maximum atomic E-state index is 13.2. The van der Waals surface area contributed by atoms with Crippen molar-refractivity contribution in [2.75, 3.05) is 11.9 Å². The Morgan fingerprint density at radius 1 is 1.30 bits per heavy atom. The van der Waals surface area contributed by atoms with E-state index >= 15 is 0 Å². The number of hydrogen-bond donors (Lipinski definition) is 2. The van der Waals surface area contributed by atoms with Gasteiger partial charge in [0.25, 0.3) is 0 Å². The van der Waals surface area contributed by atoms with Crippen molar-refractivity contribution in [3.05, 3.63) is 29.3 Å². The summed E-state index contributed by atoms with van der Waals surface area (Å²) in [5.74, 6) is -2.24. The van der Waals surface area contributed by atoms with Crippen LogP contribution in [-0.2, 0) is 12.8 Å². The molecular weight excluding hydrogens is 411 g/mol. The number of hydrogen-bond acceptors (Lipinski definition) is 1. The van der Waals surface area contributed by atoms with E-state index in [-0.39, 0.29) is 42.7 Å². The van der Waals surface area contributed by atoms with Crippen molar-refractivity contribution in [1.29, 1.82) is 0 Å². The quantitative estimate of drug-likeness (QED) is 0.422. The zero-order valence-electron chi connectivity index (χ0n) is 13.2. The summed E-state index contributed by atoms with van der Waals surface area (Å²) in [5, 5.41) is 3.15. The smallest absolute Gasteiger partial charge is 0.248 e. The first-order chi connectivity index (χ1) is 10.5. The van der Waals surface area contributed by atoms with Crippen LogP contribution in [0.5, 0.6) is 0 Å². The number of nitrogens with two attached hydrogens (primary N) is 1. The van der Waals surface area contributed by atoms with Gasteiger partial charge in [0.05, 0.1) is 0 Å². The maximum Gasteiger partial charge on any atom is 0.248 e. The van der Waals surface area contributed by atoms with Crippen LogP contribution in [-0.4, -0.2) is 18.4 Å². The van der Waals surface area contributed by atoms with Gasteiger partial charge in [-0.3, -0.25) is 4.99 Å². The lowest BCUT2D eigenvalue weighted by atomic mass is 9.90. The molecule has 0 radical (unpaired) electrons. The summed E-state index contributed by atoms with van der Waals surface area (Å²) in [6.45, 7) is 0.378. The predicted molar refractivity (Wildman–Crippen MR) is 101 cm³/mol. The van der Waals surface area contributed by atoms with E-state index in [2.05, 4.69) is 16.4 Å². The standard InChI is InChI=1S/C17H23F2N3.HI/c18-17(19)9-8-12(10-17)11-21-16(20)22-15-7-3-5-13-4-1-2-6-14(13)15;/h3,5,7,12H,1-2,4,6,8-11H2,(H3,20,21,22);1H. The Hall–Kier alpha value is -0.920. The van der Waals surface area contributed by atoms with Crippen molar-refractivity contribution in [3.63, 3.8) is 0 Å². The van der Waals surface area contributed by atoms with Gasteiger partial charge in [-0.25, -0.2) is 8.78 Å². The largest absolute Gasteiger partial charge is 0.370 e. The lowest BCUT2D eigenvalue weighted by Crippen LogP contribution is -2.25. The zero-order chi connectivity index (χ0) is 15.6. The molecule has 0 amide bonds. The summed E-state index contributed by atoms with van der Waals surface area (Å²) >= 11 is 0. The van der Waals surface area contributed by atoms with E-state index in [1.54, 1.807) is 0 Å². The maximum absolute atomic E-state index is 13.2. The van der Waals surface area contributed by atoms with Crippen LogP contribution >= 0.6 is 24.0 Å². The molecule has 128 valence electrons. The normalized spacial score (nSPS) is 23.0. The highest BCUT2D eigenvalue weighted by atomic mass is 127. The number of alkyl halides is 2. The first-order valence-corrected chi connectivity index (χ1v) is 8.09. The van der Waals surface area contributed by atoms with Crippen LogP contribution in [0.15, 0.2) is 23.2 Å². The minimum absolute atomic E-state index is 0. The fourth-order valence-electron chi connectivity index (χ4n) is 3.50. The van der Waals surface area contributed by atoms with E-state index in [1.807, 2.05) is 12.1 Å². The molecule has 1 fully saturated rings. The summed E-state index contributed by atoms with van der Waals surface area (Å²) < 4.78 is 26.3. The summed E-state index contributed by atoms with van der Waals surface area (Å²) in [7, 11) is 0. The molecule has 2 aliphatic rings. The molecule has 0 aliphatic heterocycles. The molecule has 6 heteroatoms. The Balaban J connectivity index is 0.00000192. The first kappa shape index (κ1) is 18.4. The van der Waals surface area contributed by atoms with Crippen molar-refractivity contribution in [2.24, 2.45) is 16.6 Å². The molecule has 2 aliphatic carbocycles. The third-order valence-electron chi connectivity index (χ3n) is 4.68. The topological polar surface area (TPSA) is 50.4 Å². The summed E-state index contributed by atoms with van der Waals surface area (Å²) in [4.78, 5) is 4.27. The van der Waals surface area contributed by atoms with Crippen LogP contribution in [0.4, 0.5) is 14.5 Å². The Kier molecular flexibility index (Phi) is 6.22. The fraction of sp³-hybridized carbons (Fsp3) is 0.588.